The fourth-order valence-electron chi connectivity index (χ4n) is 2.59. The second kappa shape index (κ2) is 6.74. The van der Waals surface area contributed by atoms with E-state index in [2.05, 4.69) is 5.10 Å². The average Bonchev–Trinajstić information content (AvgIpc) is 2.63. The van der Waals surface area contributed by atoms with Crippen LogP contribution in [-0.2, 0) is 0 Å². The Labute approximate surface area is 149 Å². The quantitative estimate of drug-likeness (QED) is 0.328. The van der Waals surface area contributed by atoms with Crippen LogP contribution in [0.15, 0.2) is 70.6 Å². The normalized spacial score (nSPS) is 11.5. The smallest absolute Gasteiger partial charge is 0.272 e. The van der Waals surface area contributed by atoms with E-state index in [1.165, 1.54) is 9.13 Å². The van der Waals surface area contributed by atoms with Gasteiger partial charge >= 0.3 is 0 Å². The maximum absolute atomic E-state index is 13.0. The van der Waals surface area contributed by atoms with E-state index in [1.807, 2.05) is 24.3 Å². The highest BCUT2D eigenvalue weighted by Gasteiger charge is 2.20. The minimum atomic E-state index is -0.479. The Balaban J connectivity index is 2.50. The lowest BCUT2D eigenvalue weighted by atomic mass is 10.2. The van der Waals surface area contributed by atoms with E-state index in [9.17, 15) is 9.90 Å². The first kappa shape index (κ1) is 16.7. The van der Waals surface area contributed by atoms with E-state index < -0.39 is 5.56 Å². The number of nitrogens with two attached hydrogens (primary N) is 1. The fraction of sp³-hybridized carbons (Fsp3) is 0.0556. The van der Waals surface area contributed by atoms with Crippen molar-refractivity contribution < 1.29 is 5.11 Å². The molecule has 3 rings (SSSR count). The highest BCUT2D eigenvalue weighted by atomic mass is 32.1. The summed E-state index contributed by atoms with van der Waals surface area (Å²) < 4.78 is 2.92. The van der Waals surface area contributed by atoms with Gasteiger partial charge < -0.3 is 10.9 Å². The summed E-state index contributed by atoms with van der Waals surface area (Å²) in [7, 11) is 0. The van der Waals surface area contributed by atoms with E-state index in [1.54, 1.807) is 43.3 Å². The maximum Gasteiger partial charge on any atom is 0.272 e. The topological polar surface area (TPSA) is 85.5 Å². The molecule has 0 saturated carbocycles. The molecule has 0 fully saturated rings. The largest absolute Gasteiger partial charge is 0.494 e. The summed E-state index contributed by atoms with van der Waals surface area (Å²) in [6.45, 7) is 1.56. The molecule has 2 aromatic carbocycles. The van der Waals surface area contributed by atoms with Gasteiger partial charge in [0.05, 0.1) is 17.1 Å². The van der Waals surface area contributed by atoms with Crippen LogP contribution in [0.2, 0.25) is 0 Å². The van der Waals surface area contributed by atoms with Crippen molar-refractivity contribution in [3.05, 3.63) is 81.4 Å². The minimum Gasteiger partial charge on any atom is -0.494 e. The van der Waals surface area contributed by atoms with Crippen molar-refractivity contribution in [1.82, 2.24) is 9.13 Å². The Kier molecular flexibility index (Phi) is 4.49. The van der Waals surface area contributed by atoms with Gasteiger partial charge in [0.15, 0.2) is 4.77 Å². The van der Waals surface area contributed by atoms with Crippen molar-refractivity contribution >= 4 is 17.9 Å². The van der Waals surface area contributed by atoms with Crippen LogP contribution >= 0.6 is 12.2 Å². The zero-order chi connectivity index (χ0) is 18.0. The molecule has 0 saturated heterocycles. The number of hydrogen-bond donors (Lipinski definition) is 2. The molecule has 0 unspecified atom stereocenters. The maximum atomic E-state index is 13.0. The van der Waals surface area contributed by atoms with Gasteiger partial charge in [0, 0.05) is 0 Å². The van der Waals surface area contributed by atoms with Gasteiger partial charge in [-0.3, -0.25) is 13.9 Å². The predicted octanol–water partition coefficient (Wildman–Crippen LogP) is 2.75. The number of rotatable bonds is 3. The van der Waals surface area contributed by atoms with E-state index in [0.29, 0.717) is 11.4 Å². The second-order valence-electron chi connectivity index (χ2n) is 5.34. The number of hydrogen-bond acceptors (Lipinski definition) is 5. The van der Waals surface area contributed by atoms with Crippen LogP contribution in [0.25, 0.3) is 11.4 Å². The molecular weight excluding hydrogens is 336 g/mol. The van der Waals surface area contributed by atoms with E-state index in [0.717, 1.165) is 0 Å². The zero-order valence-corrected chi connectivity index (χ0v) is 14.3. The number of para-hydroxylation sites is 2. The molecule has 0 aliphatic heterocycles. The summed E-state index contributed by atoms with van der Waals surface area (Å²) in [5.41, 5.74) is 0.956. The Morgan fingerprint density at radius 3 is 1.96 bits per heavy atom. The third-order valence-electron chi connectivity index (χ3n) is 3.82. The van der Waals surface area contributed by atoms with Crippen LogP contribution in [0.3, 0.4) is 0 Å². The summed E-state index contributed by atoms with van der Waals surface area (Å²) in [5.74, 6) is 5.06. The second-order valence-corrected chi connectivity index (χ2v) is 5.71. The van der Waals surface area contributed by atoms with Crippen LogP contribution in [0.5, 0.6) is 5.88 Å². The SMILES string of the molecule is C/C(=N\N)c1c(O)n(-c2ccccc2)c(=S)n(-c2ccccc2)c1=O. The molecule has 0 radical (unpaired) electrons. The third-order valence-corrected chi connectivity index (χ3v) is 4.18. The third kappa shape index (κ3) is 2.85. The molecule has 6 nitrogen and oxygen atoms in total. The van der Waals surface area contributed by atoms with Crippen molar-refractivity contribution in [3.8, 4) is 17.3 Å². The number of aromatic nitrogens is 2. The summed E-state index contributed by atoms with van der Waals surface area (Å²) in [6.07, 6.45) is 0. The molecule has 126 valence electrons. The number of benzene rings is 2. The molecule has 0 aliphatic carbocycles. The summed E-state index contributed by atoms with van der Waals surface area (Å²) in [5, 5.41) is 14.3. The average molecular weight is 352 g/mol. The number of nitrogens with zero attached hydrogens (tertiary/aromatic N) is 3. The summed E-state index contributed by atoms with van der Waals surface area (Å²) >= 11 is 5.51. The molecule has 0 spiro atoms. The van der Waals surface area contributed by atoms with Gasteiger partial charge in [-0.2, -0.15) is 5.10 Å². The first-order valence-corrected chi connectivity index (χ1v) is 7.93. The first-order valence-electron chi connectivity index (χ1n) is 7.53. The molecule has 1 heterocycles. The molecule has 0 atom stereocenters. The number of aromatic hydroxyl groups is 1. The van der Waals surface area contributed by atoms with Crippen LogP contribution < -0.4 is 11.4 Å². The molecule has 0 aliphatic rings. The minimum absolute atomic E-state index is 0.00352. The molecule has 0 bridgehead atoms. The first-order chi connectivity index (χ1) is 12.1. The monoisotopic (exact) mass is 352 g/mol. The highest BCUT2D eigenvalue weighted by molar-refractivity contribution is 7.71. The lowest BCUT2D eigenvalue weighted by Gasteiger charge is -2.17. The fourth-order valence-corrected chi connectivity index (χ4v) is 2.97. The lowest BCUT2D eigenvalue weighted by molar-refractivity contribution is 0.429. The van der Waals surface area contributed by atoms with E-state index in [-0.39, 0.29) is 21.9 Å². The van der Waals surface area contributed by atoms with Crippen LogP contribution in [0, 0.1) is 4.77 Å². The van der Waals surface area contributed by atoms with Gasteiger partial charge in [0.1, 0.15) is 5.56 Å². The summed E-state index contributed by atoms with van der Waals surface area (Å²) in [6, 6.07) is 18.0. The molecular formula is C18H16N4O2S. The van der Waals surface area contributed by atoms with Crippen molar-refractivity contribution in [2.24, 2.45) is 10.9 Å². The van der Waals surface area contributed by atoms with Crippen molar-refractivity contribution in [3.63, 3.8) is 0 Å². The van der Waals surface area contributed by atoms with Crippen molar-refractivity contribution in [1.29, 1.82) is 0 Å². The standard InChI is InChI=1S/C18H16N4O2S/c1-12(20-19)15-16(23)21(13-8-4-2-5-9-13)18(25)22(17(15)24)14-10-6-3-7-11-14/h2-11,23H,19H2,1H3/b20-12+. The highest BCUT2D eigenvalue weighted by Crippen LogP contribution is 2.22. The predicted molar refractivity (Wildman–Crippen MR) is 100 cm³/mol. The van der Waals surface area contributed by atoms with Gasteiger partial charge in [-0.15, -0.1) is 0 Å². The van der Waals surface area contributed by atoms with E-state index in [4.69, 9.17) is 18.1 Å². The molecule has 3 aromatic rings. The van der Waals surface area contributed by atoms with E-state index >= 15 is 0 Å². The van der Waals surface area contributed by atoms with Gasteiger partial charge in [-0.25, -0.2) is 0 Å². The van der Waals surface area contributed by atoms with Crippen molar-refractivity contribution in [2.45, 2.75) is 6.92 Å². The summed E-state index contributed by atoms with van der Waals surface area (Å²) in [4.78, 5) is 13.0. The van der Waals surface area contributed by atoms with Gasteiger partial charge in [0.2, 0.25) is 5.88 Å². The van der Waals surface area contributed by atoms with Crippen molar-refractivity contribution in [2.75, 3.05) is 0 Å². The van der Waals surface area contributed by atoms with Crippen LogP contribution in [0.1, 0.15) is 12.5 Å². The van der Waals surface area contributed by atoms with Crippen LogP contribution in [-0.4, -0.2) is 20.0 Å². The Morgan fingerprint density at radius 1 is 1.00 bits per heavy atom. The van der Waals surface area contributed by atoms with Gasteiger partial charge in [0.25, 0.3) is 5.56 Å². The van der Waals surface area contributed by atoms with Crippen LogP contribution in [0.4, 0.5) is 0 Å². The van der Waals surface area contributed by atoms with Gasteiger partial charge in [-0.05, 0) is 43.4 Å². The molecule has 1 aromatic heterocycles. The molecule has 7 heteroatoms. The molecule has 25 heavy (non-hydrogen) atoms. The Bertz CT molecular complexity index is 1050. The van der Waals surface area contributed by atoms with Gasteiger partial charge in [-0.1, -0.05) is 36.4 Å². The molecule has 0 amide bonds. The number of hydrazone groups is 1. The lowest BCUT2D eigenvalue weighted by Crippen LogP contribution is -2.29. The molecule has 3 N–H and O–H groups in total. The Hall–Kier alpha value is -3.19. The zero-order valence-electron chi connectivity index (χ0n) is 13.5. The Morgan fingerprint density at radius 2 is 1.48 bits per heavy atom.